The second-order valence-corrected chi connectivity index (χ2v) is 7.40. The summed E-state index contributed by atoms with van der Waals surface area (Å²) in [5.41, 5.74) is 5.59. The van der Waals surface area contributed by atoms with Crippen LogP contribution in [0.2, 0.25) is 5.02 Å². The highest BCUT2D eigenvalue weighted by Gasteiger charge is 2.36. The Bertz CT molecular complexity index is 692. The Hall–Kier alpha value is -1.95. The molecule has 0 unspecified atom stereocenters. The molecule has 1 aliphatic carbocycles. The summed E-state index contributed by atoms with van der Waals surface area (Å²) in [5, 5.41) is 0.228. The first-order valence-corrected chi connectivity index (χ1v) is 9.48. The summed E-state index contributed by atoms with van der Waals surface area (Å²) < 4.78 is 10.6. The van der Waals surface area contributed by atoms with Crippen LogP contribution in [0, 0.1) is 5.92 Å². The van der Waals surface area contributed by atoms with Gasteiger partial charge in [0.15, 0.2) is 18.1 Å². The average molecular weight is 381 g/mol. The largest absolute Gasteiger partial charge is 0.493 e. The number of nitrogens with zero attached hydrogens (tertiary/aromatic N) is 1. The first kappa shape index (κ1) is 18.8. The molecule has 1 aromatic rings. The Balaban J connectivity index is 1.84. The van der Waals surface area contributed by atoms with Gasteiger partial charge in [0.2, 0.25) is 0 Å². The van der Waals surface area contributed by atoms with E-state index in [0.29, 0.717) is 23.3 Å². The molecule has 2 fully saturated rings. The third-order valence-corrected chi connectivity index (χ3v) is 5.62. The van der Waals surface area contributed by atoms with E-state index in [-0.39, 0.29) is 23.3 Å². The molecule has 7 heteroatoms. The minimum absolute atomic E-state index is 0.0248. The quantitative estimate of drug-likeness (QED) is 0.851. The Morgan fingerprint density at radius 1 is 1.23 bits per heavy atom. The maximum Gasteiger partial charge on any atom is 0.255 e. The number of nitrogens with two attached hydrogens (primary N) is 1. The molecule has 1 aliphatic heterocycles. The lowest BCUT2D eigenvalue weighted by Gasteiger charge is -2.44. The number of rotatable bonds is 5. The predicted molar refractivity (Wildman–Crippen MR) is 98.7 cm³/mol. The lowest BCUT2D eigenvalue weighted by molar-refractivity contribution is -0.119. The molecule has 1 heterocycles. The van der Waals surface area contributed by atoms with Crippen LogP contribution in [0.5, 0.6) is 11.5 Å². The number of piperidine rings is 1. The van der Waals surface area contributed by atoms with E-state index in [2.05, 4.69) is 0 Å². The van der Waals surface area contributed by atoms with Crippen LogP contribution < -0.4 is 15.2 Å². The van der Waals surface area contributed by atoms with Crippen molar-refractivity contribution >= 4 is 23.4 Å². The lowest BCUT2D eigenvalue weighted by atomic mass is 9.78. The number of benzene rings is 1. The number of carbonyl (C=O) groups is 2. The standard InChI is InChI=1S/C19H25ClN2O4/c1-25-16-10-13(9-14(20)18(16)26-11-17(21)23)19(24)22-8-4-6-12-5-2-3-7-15(12)22/h9-10,12,15H,2-8,11H2,1H3,(H2,21,23)/t12-,15-/m0/s1. The average Bonchev–Trinajstić information content (AvgIpc) is 2.65. The Kier molecular flexibility index (Phi) is 5.91. The molecule has 6 nitrogen and oxygen atoms in total. The van der Waals surface area contributed by atoms with Crippen molar-refractivity contribution in [2.24, 2.45) is 11.7 Å². The van der Waals surface area contributed by atoms with Gasteiger partial charge >= 0.3 is 0 Å². The van der Waals surface area contributed by atoms with Gasteiger partial charge < -0.3 is 20.1 Å². The molecule has 1 aromatic carbocycles. The normalized spacial score (nSPS) is 22.5. The summed E-state index contributed by atoms with van der Waals surface area (Å²) in [6.45, 7) is 0.471. The summed E-state index contributed by atoms with van der Waals surface area (Å²) in [7, 11) is 1.47. The van der Waals surface area contributed by atoms with Crippen molar-refractivity contribution in [2.45, 2.75) is 44.6 Å². The van der Waals surface area contributed by atoms with E-state index in [9.17, 15) is 9.59 Å². The van der Waals surface area contributed by atoms with Crippen molar-refractivity contribution in [3.05, 3.63) is 22.7 Å². The van der Waals surface area contributed by atoms with Crippen molar-refractivity contribution in [3.63, 3.8) is 0 Å². The van der Waals surface area contributed by atoms with Crippen molar-refractivity contribution < 1.29 is 19.1 Å². The molecular weight excluding hydrogens is 356 g/mol. The molecule has 1 saturated carbocycles. The molecule has 2 amide bonds. The zero-order chi connectivity index (χ0) is 18.7. The Morgan fingerprint density at radius 3 is 2.69 bits per heavy atom. The van der Waals surface area contributed by atoms with Crippen molar-refractivity contribution in [2.75, 3.05) is 20.3 Å². The lowest BCUT2D eigenvalue weighted by Crippen LogP contribution is -2.49. The second kappa shape index (κ2) is 8.16. The third kappa shape index (κ3) is 3.90. The Morgan fingerprint density at radius 2 is 1.96 bits per heavy atom. The van der Waals surface area contributed by atoms with E-state index in [1.165, 1.54) is 32.8 Å². The SMILES string of the molecule is COc1cc(C(=O)N2CCC[C@@H]3CCCC[C@@H]32)cc(Cl)c1OCC(N)=O. The number of methoxy groups -OCH3 is 1. The highest BCUT2D eigenvalue weighted by Crippen LogP contribution is 2.39. The number of hydrogen-bond donors (Lipinski definition) is 1. The van der Waals surface area contributed by atoms with Gasteiger partial charge in [0.25, 0.3) is 11.8 Å². The van der Waals surface area contributed by atoms with Crippen LogP contribution in [-0.4, -0.2) is 43.0 Å². The molecule has 2 aliphatic rings. The van der Waals surface area contributed by atoms with Crippen LogP contribution in [0.25, 0.3) is 0 Å². The van der Waals surface area contributed by atoms with E-state index in [4.69, 9.17) is 26.8 Å². The topological polar surface area (TPSA) is 81.9 Å². The van der Waals surface area contributed by atoms with Gasteiger partial charge in [-0.05, 0) is 43.7 Å². The molecule has 2 N–H and O–H groups in total. The fraction of sp³-hybridized carbons (Fsp3) is 0.579. The van der Waals surface area contributed by atoms with Gasteiger partial charge in [-0.25, -0.2) is 0 Å². The van der Waals surface area contributed by atoms with Gasteiger partial charge in [-0.15, -0.1) is 0 Å². The number of carbonyl (C=O) groups excluding carboxylic acids is 2. The number of ether oxygens (including phenoxy) is 2. The van der Waals surface area contributed by atoms with E-state index in [1.54, 1.807) is 12.1 Å². The first-order valence-electron chi connectivity index (χ1n) is 9.11. The number of hydrogen-bond acceptors (Lipinski definition) is 4. The van der Waals surface area contributed by atoms with Crippen LogP contribution in [-0.2, 0) is 4.79 Å². The fourth-order valence-corrected chi connectivity index (χ4v) is 4.43. The molecule has 142 valence electrons. The number of likely N-dealkylation sites (tertiary alicyclic amines) is 1. The van der Waals surface area contributed by atoms with Gasteiger partial charge in [-0.2, -0.15) is 0 Å². The zero-order valence-corrected chi connectivity index (χ0v) is 15.8. The minimum Gasteiger partial charge on any atom is -0.493 e. The molecule has 1 saturated heterocycles. The second-order valence-electron chi connectivity index (χ2n) is 7.00. The van der Waals surface area contributed by atoms with E-state index < -0.39 is 5.91 Å². The van der Waals surface area contributed by atoms with Gasteiger partial charge in [0.05, 0.1) is 12.1 Å². The molecule has 3 rings (SSSR count). The highest BCUT2D eigenvalue weighted by atomic mass is 35.5. The van der Waals surface area contributed by atoms with Gasteiger partial charge in [0, 0.05) is 18.2 Å². The molecule has 26 heavy (non-hydrogen) atoms. The van der Waals surface area contributed by atoms with Gasteiger partial charge in [0.1, 0.15) is 0 Å². The van der Waals surface area contributed by atoms with Crippen molar-refractivity contribution in [1.82, 2.24) is 4.90 Å². The molecule has 0 radical (unpaired) electrons. The summed E-state index contributed by atoms with van der Waals surface area (Å²) in [5.74, 6) is 0.512. The smallest absolute Gasteiger partial charge is 0.255 e. The summed E-state index contributed by atoms with van der Waals surface area (Å²) in [4.78, 5) is 26.1. The van der Waals surface area contributed by atoms with Crippen LogP contribution in [0.1, 0.15) is 48.9 Å². The maximum absolute atomic E-state index is 13.1. The zero-order valence-electron chi connectivity index (χ0n) is 15.0. The highest BCUT2D eigenvalue weighted by molar-refractivity contribution is 6.32. The summed E-state index contributed by atoms with van der Waals surface area (Å²) in [6, 6.07) is 3.52. The molecular formula is C19H25ClN2O4. The van der Waals surface area contributed by atoms with Gasteiger partial charge in [-0.1, -0.05) is 24.4 Å². The molecule has 0 spiro atoms. The molecule has 0 aromatic heterocycles. The van der Waals surface area contributed by atoms with Crippen molar-refractivity contribution in [1.29, 1.82) is 0 Å². The molecule has 0 bridgehead atoms. The van der Waals surface area contributed by atoms with Crippen LogP contribution in [0.3, 0.4) is 0 Å². The van der Waals surface area contributed by atoms with Crippen molar-refractivity contribution in [3.8, 4) is 11.5 Å². The van der Waals surface area contributed by atoms with Crippen LogP contribution in [0.15, 0.2) is 12.1 Å². The first-order chi connectivity index (χ1) is 12.5. The fourth-order valence-electron chi connectivity index (χ4n) is 4.17. The summed E-state index contributed by atoms with van der Waals surface area (Å²) in [6.07, 6.45) is 6.96. The molecule has 2 atom stereocenters. The number of amides is 2. The summed E-state index contributed by atoms with van der Waals surface area (Å²) >= 11 is 6.29. The number of halogens is 1. The third-order valence-electron chi connectivity index (χ3n) is 5.34. The van der Waals surface area contributed by atoms with E-state index in [0.717, 1.165) is 19.4 Å². The number of fused-ring (bicyclic) bond motifs is 1. The van der Waals surface area contributed by atoms with E-state index in [1.807, 2.05) is 4.90 Å². The number of primary amides is 1. The monoisotopic (exact) mass is 380 g/mol. The predicted octanol–water partition coefficient (Wildman–Crippen LogP) is 3.01. The minimum atomic E-state index is -0.611. The Labute approximate surface area is 158 Å². The van der Waals surface area contributed by atoms with Gasteiger partial charge in [-0.3, -0.25) is 9.59 Å². The van der Waals surface area contributed by atoms with Crippen LogP contribution in [0.4, 0.5) is 0 Å². The maximum atomic E-state index is 13.1. The van der Waals surface area contributed by atoms with E-state index >= 15 is 0 Å². The van der Waals surface area contributed by atoms with Crippen LogP contribution >= 0.6 is 11.6 Å².